The van der Waals surface area contributed by atoms with Crippen LogP contribution in [0.2, 0.25) is 5.02 Å². The van der Waals surface area contributed by atoms with E-state index in [1.54, 1.807) is 4.57 Å². The first-order valence-electron chi connectivity index (χ1n) is 20.1. The van der Waals surface area contributed by atoms with Gasteiger partial charge in [-0.25, -0.2) is 24.2 Å². The number of carboxylic acids is 4. The first-order valence-corrected chi connectivity index (χ1v) is 20.4. The van der Waals surface area contributed by atoms with Gasteiger partial charge in [0.1, 0.15) is 5.82 Å². The van der Waals surface area contributed by atoms with E-state index < -0.39 is 23.9 Å². The van der Waals surface area contributed by atoms with Crippen LogP contribution in [0.5, 0.6) is 0 Å². The van der Waals surface area contributed by atoms with Crippen LogP contribution >= 0.6 is 11.6 Å². The molecule has 17 heteroatoms. The predicted octanol–water partition coefficient (Wildman–Crippen LogP) is 5.50. The third-order valence-electron chi connectivity index (χ3n) is 9.27. The third kappa shape index (κ3) is 18.4. The van der Waals surface area contributed by atoms with E-state index in [0.29, 0.717) is 61.9 Å². The summed E-state index contributed by atoms with van der Waals surface area (Å²) >= 11 is 6.11. The van der Waals surface area contributed by atoms with Gasteiger partial charge in [-0.2, -0.15) is 0 Å². The monoisotopic (exact) mass is 900 g/mol. The number of carbonyl (C=O) groups is 4. The Morgan fingerprint density at radius 1 is 0.656 bits per heavy atom. The highest BCUT2D eigenvalue weighted by Gasteiger charge is 2.26. The molecule has 4 aromatic carbocycles. The summed E-state index contributed by atoms with van der Waals surface area (Å²) in [6.07, 6.45) is 2.23. The minimum atomic E-state index is -1.26. The van der Waals surface area contributed by atoms with Crippen LogP contribution in [0.3, 0.4) is 0 Å². The average molecular weight is 901 g/mol. The molecule has 2 heterocycles. The van der Waals surface area contributed by atoms with E-state index in [1.165, 1.54) is 11.1 Å². The van der Waals surface area contributed by atoms with Crippen LogP contribution in [-0.4, -0.2) is 135 Å². The topological polar surface area (TPSA) is 229 Å². The molecule has 16 nitrogen and oxygen atoms in total. The van der Waals surface area contributed by atoms with Crippen molar-refractivity contribution in [2.24, 2.45) is 0 Å². The van der Waals surface area contributed by atoms with Crippen LogP contribution in [0.25, 0.3) is 16.6 Å². The molecule has 0 saturated carbocycles. The minimum absolute atomic E-state index is 0.0163. The molecule has 0 amide bonds. The number of rotatable bonds is 16. The zero-order valence-corrected chi connectivity index (χ0v) is 36.3. The van der Waals surface area contributed by atoms with E-state index in [9.17, 15) is 24.0 Å². The minimum Gasteiger partial charge on any atom is -0.478 e. The second kappa shape index (κ2) is 28.2. The number of ether oxygens (including phenoxy) is 2. The summed E-state index contributed by atoms with van der Waals surface area (Å²) in [5, 5.41) is 41.3. The number of halogens is 1. The van der Waals surface area contributed by atoms with Gasteiger partial charge in [-0.1, -0.05) is 84.4 Å². The van der Waals surface area contributed by atoms with Crippen molar-refractivity contribution in [3.8, 4) is 5.69 Å². The number of carboxylic acid groups (broad SMARTS) is 4. The highest BCUT2D eigenvalue weighted by molar-refractivity contribution is 6.30. The summed E-state index contributed by atoms with van der Waals surface area (Å²) in [6.45, 7) is 11.1. The molecule has 0 radical (unpaired) electrons. The number of piperazine rings is 1. The van der Waals surface area contributed by atoms with Crippen molar-refractivity contribution in [3.63, 3.8) is 0 Å². The van der Waals surface area contributed by atoms with Crippen molar-refractivity contribution in [3.05, 3.63) is 165 Å². The van der Waals surface area contributed by atoms with Crippen molar-refractivity contribution in [2.45, 2.75) is 19.9 Å². The number of hydrogen-bond acceptors (Lipinski definition) is 11. The van der Waals surface area contributed by atoms with Gasteiger partial charge in [-0.05, 0) is 60.9 Å². The second-order valence-corrected chi connectivity index (χ2v) is 14.3. The molecule has 1 fully saturated rings. The largest absolute Gasteiger partial charge is 0.478 e. The Hall–Kier alpha value is -6.53. The van der Waals surface area contributed by atoms with E-state index in [4.69, 9.17) is 46.6 Å². The summed E-state index contributed by atoms with van der Waals surface area (Å²) in [7, 11) is 0. The normalized spacial score (nSPS) is 13.2. The molecule has 5 N–H and O–H groups in total. The Morgan fingerprint density at radius 3 is 1.70 bits per heavy atom. The van der Waals surface area contributed by atoms with Crippen LogP contribution in [0.4, 0.5) is 0 Å². The molecular formula is C47H53ClN4O12. The van der Waals surface area contributed by atoms with Crippen LogP contribution in [0.15, 0.2) is 132 Å². The number of aromatic nitrogens is 2. The summed E-state index contributed by atoms with van der Waals surface area (Å²) in [5.74, 6) is -4.32. The average Bonchev–Trinajstić information content (AvgIpc) is 3.27. The number of hydrogen-bond donors (Lipinski definition) is 5. The second-order valence-electron chi connectivity index (χ2n) is 13.8. The number of fused-ring (bicyclic) bond motifs is 1. The molecule has 0 bridgehead atoms. The number of nitrogens with zero attached hydrogens (tertiary/aromatic N) is 4. The lowest BCUT2D eigenvalue weighted by Gasteiger charge is -2.39. The van der Waals surface area contributed by atoms with Gasteiger partial charge < -0.3 is 35.0 Å². The van der Waals surface area contributed by atoms with Crippen LogP contribution in [0.1, 0.15) is 28.6 Å². The number of aliphatic carboxylic acids is 4. The highest BCUT2D eigenvalue weighted by Crippen LogP contribution is 2.30. The lowest BCUT2D eigenvalue weighted by molar-refractivity contribution is -0.134. The lowest BCUT2D eigenvalue weighted by Crippen LogP contribution is -2.48. The van der Waals surface area contributed by atoms with Crippen LogP contribution < -0.4 is 5.56 Å². The molecule has 1 aromatic heterocycles. The first-order chi connectivity index (χ1) is 30.7. The van der Waals surface area contributed by atoms with E-state index in [-0.39, 0.29) is 18.2 Å². The van der Waals surface area contributed by atoms with Gasteiger partial charge in [0.25, 0.3) is 5.56 Å². The Balaban J connectivity index is 0.000000264. The maximum absolute atomic E-state index is 12.6. The van der Waals surface area contributed by atoms with E-state index >= 15 is 0 Å². The van der Waals surface area contributed by atoms with Crippen molar-refractivity contribution < 1.29 is 54.2 Å². The molecule has 340 valence electrons. The molecule has 5 aromatic rings. The van der Waals surface area contributed by atoms with E-state index in [1.807, 2.05) is 74.5 Å². The van der Waals surface area contributed by atoms with Crippen molar-refractivity contribution in [1.82, 2.24) is 19.4 Å². The highest BCUT2D eigenvalue weighted by atomic mass is 35.5. The molecule has 64 heavy (non-hydrogen) atoms. The summed E-state index contributed by atoms with van der Waals surface area (Å²) < 4.78 is 12.5. The van der Waals surface area contributed by atoms with Crippen molar-refractivity contribution >= 4 is 46.4 Å². The molecular weight excluding hydrogens is 848 g/mol. The maximum Gasteiger partial charge on any atom is 0.328 e. The summed E-state index contributed by atoms with van der Waals surface area (Å²) in [5.41, 5.74) is 5.27. The Bertz CT molecular complexity index is 2300. The third-order valence-corrected chi connectivity index (χ3v) is 9.52. The van der Waals surface area contributed by atoms with Gasteiger partial charge >= 0.3 is 23.9 Å². The zero-order valence-electron chi connectivity index (χ0n) is 35.5. The fraction of sp³-hybridized carbons (Fsp3) is 0.277. The Morgan fingerprint density at radius 2 is 1.16 bits per heavy atom. The van der Waals surface area contributed by atoms with Gasteiger partial charge in [-0.15, -0.1) is 0 Å². The van der Waals surface area contributed by atoms with E-state index in [0.717, 1.165) is 54.5 Å². The number of para-hydroxylation sites is 2. The van der Waals surface area contributed by atoms with Gasteiger partial charge in [0.05, 0.1) is 55.7 Å². The molecule has 1 aliphatic rings. The van der Waals surface area contributed by atoms with Crippen molar-refractivity contribution in [1.29, 1.82) is 0 Å². The number of aliphatic hydroxyl groups excluding tert-OH is 1. The molecule has 1 saturated heterocycles. The first kappa shape index (κ1) is 51.8. The van der Waals surface area contributed by atoms with Gasteiger partial charge in [0.15, 0.2) is 0 Å². The molecule has 1 aliphatic heterocycles. The maximum atomic E-state index is 12.6. The van der Waals surface area contributed by atoms with E-state index in [2.05, 4.69) is 57.2 Å². The van der Waals surface area contributed by atoms with Crippen molar-refractivity contribution in [2.75, 3.05) is 65.8 Å². The zero-order chi connectivity index (χ0) is 46.9. The fourth-order valence-electron chi connectivity index (χ4n) is 6.35. The quantitative estimate of drug-likeness (QED) is 0.0609. The smallest absolute Gasteiger partial charge is 0.328 e. The summed E-state index contributed by atoms with van der Waals surface area (Å²) in [4.78, 5) is 60.4. The number of benzene rings is 4. The van der Waals surface area contributed by atoms with Gasteiger partial charge in [0.2, 0.25) is 0 Å². The lowest BCUT2D eigenvalue weighted by atomic mass is 9.96. The number of aryl methyl sites for hydroxylation is 2. The predicted molar refractivity (Wildman–Crippen MR) is 242 cm³/mol. The SMILES string of the molecule is Cc1ccccc1-n1c(C)nc2ccccc2c1=O.O=C(O)/C=C\C(=O)O.O=C(O)/C=C\C(=O)O.OCCOCCOCCN1CCN(C(c2ccccc2)c2ccc(Cl)cc2)CC1. The molecule has 0 spiro atoms. The Labute approximate surface area is 375 Å². The van der Waals surface area contributed by atoms with Gasteiger partial charge in [-0.3, -0.25) is 19.2 Å². The molecule has 6 rings (SSSR count). The standard InChI is InChI=1S/C23H31ClN2O3.C16H14N2O.2C4H4O4/c24-22-8-6-21(7-9-22)23(20-4-2-1-3-5-20)26-12-10-25(11-13-26)14-16-28-18-19-29-17-15-27;1-11-7-3-6-10-15(11)18-12(2)17-14-9-5-4-8-13(14)16(18)19;2*5-3(6)1-2-4(7)8/h1-9,23,27H,10-19H2;3-10H,1-2H3;2*1-2H,(H,5,6)(H,7,8)/b;;2*2-1-. The van der Waals surface area contributed by atoms with Crippen LogP contribution in [-0.2, 0) is 28.7 Å². The Kier molecular flexibility index (Phi) is 22.8. The molecule has 1 atom stereocenters. The van der Waals surface area contributed by atoms with Crippen LogP contribution in [0, 0.1) is 13.8 Å². The number of aliphatic hydroxyl groups is 1. The summed E-state index contributed by atoms with van der Waals surface area (Å²) in [6, 6.07) is 34.5. The molecule has 1 unspecified atom stereocenters. The van der Waals surface area contributed by atoms with Gasteiger partial charge in [0, 0.05) is 62.1 Å². The molecule has 0 aliphatic carbocycles. The fourth-order valence-corrected chi connectivity index (χ4v) is 6.47.